The van der Waals surface area contributed by atoms with Crippen LogP contribution in [0.2, 0.25) is 0 Å². The van der Waals surface area contributed by atoms with Crippen molar-refractivity contribution in [3.63, 3.8) is 0 Å². The number of amides is 1. The van der Waals surface area contributed by atoms with Gasteiger partial charge in [0.1, 0.15) is 11.6 Å². The molecule has 0 atom stereocenters. The van der Waals surface area contributed by atoms with E-state index < -0.39 is 29.9 Å². The molecule has 21 heavy (non-hydrogen) atoms. The van der Waals surface area contributed by atoms with Crippen LogP contribution in [0.3, 0.4) is 0 Å². The molecule has 0 saturated carbocycles. The maximum absolute atomic E-state index is 13.4. The lowest BCUT2D eigenvalue weighted by Crippen LogP contribution is -2.16. The van der Waals surface area contributed by atoms with E-state index >= 15 is 0 Å². The molecule has 0 unspecified atom stereocenters. The lowest BCUT2D eigenvalue weighted by molar-refractivity contribution is -0.115. The average molecular weight is 291 g/mol. The summed E-state index contributed by atoms with van der Waals surface area (Å²) >= 11 is 0. The molecular weight excluding hydrogens is 280 g/mol. The molecule has 0 aliphatic heterocycles. The fourth-order valence-electron chi connectivity index (χ4n) is 1.80. The van der Waals surface area contributed by atoms with Gasteiger partial charge >= 0.3 is 5.97 Å². The van der Waals surface area contributed by atoms with Crippen LogP contribution in [0.1, 0.15) is 15.9 Å². The summed E-state index contributed by atoms with van der Waals surface area (Å²) in [5.74, 6) is -3.37. The van der Waals surface area contributed by atoms with E-state index in [2.05, 4.69) is 5.32 Å². The van der Waals surface area contributed by atoms with Gasteiger partial charge in [0.15, 0.2) is 0 Å². The summed E-state index contributed by atoms with van der Waals surface area (Å²) in [4.78, 5) is 22.6. The van der Waals surface area contributed by atoms with Crippen molar-refractivity contribution in [1.82, 2.24) is 0 Å². The van der Waals surface area contributed by atoms with Gasteiger partial charge in [0, 0.05) is 11.3 Å². The zero-order valence-corrected chi connectivity index (χ0v) is 10.8. The van der Waals surface area contributed by atoms with Crippen LogP contribution in [0, 0.1) is 11.6 Å². The Hall–Kier alpha value is -2.76. The molecule has 6 heteroatoms. The normalized spacial score (nSPS) is 10.2. The minimum atomic E-state index is -1.13. The molecule has 0 aliphatic carbocycles. The molecule has 2 aromatic carbocycles. The van der Waals surface area contributed by atoms with E-state index in [1.165, 1.54) is 30.3 Å². The summed E-state index contributed by atoms with van der Waals surface area (Å²) in [7, 11) is 0. The van der Waals surface area contributed by atoms with E-state index in [9.17, 15) is 18.4 Å². The number of hydrogen-bond acceptors (Lipinski definition) is 2. The first kappa shape index (κ1) is 14.6. The van der Waals surface area contributed by atoms with Crippen LogP contribution in [-0.4, -0.2) is 17.0 Å². The number of halogens is 2. The summed E-state index contributed by atoms with van der Waals surface area (Å²) in [6.45, 7) is 0. The Morgan fingerprint density at radius 2 is 1.67 bits per heavy atom. The van der Waals surface area contributed by atoms with Gasteiger partial charge in [0.25, 0.3) is 0 Å². The Kier molecular flexibility index (Phi) is 4.27. The summed E-state index contributed by atoms with van der Waals surface area (Å²) in [5, 5.41) is 11.2. The number of benzene rings is 2. The van der Waals surface area contributed by atoms with Crippen LogP contribution in [-0.2, 0) is 11.2 Å². The van der Waals surface area contributed by atoms with Gasteiger partial charge in [-0.15, -0.1) is 0 Å². The van der Waals surface area contributed by atoms with Gasteiger partial charge in [-0.05, 0) is 30.3 Å². The molecule has 0 heterocycles. The standard InChI is InChI=1S/C15H11F2NO3/c16-12-5-2-6-13(17)11(12)8-14(19)18-10-4-1-3-9(7-10)15(20)21/h1-7H,8H2,(H,18,19)(H,20,21). The second-order valence-electron chi connectivity index (χ2n) is 4.31. The predicted octanol–water partition coefficient (Wildman–Crippen LogP) is 2.84. The van der Waals surface area contributed by atoms with Gasteiger partial charge in [-0.25, -0.2) is 13.6 Å². The fourth-order valence-corrected chi connectivity index (χ4v) is 1.80. The Morgan fingerprint density at radius 1 is 1.05 bits per heavy atom. The van der Waals surface area contributed by atoms with E-state index in [1.807, 2.05) is 0 Å². The van der Waals surface area contributed by atoms with Crippen molar-refractivity contribution in [3.8, 4) is 0 Å². The second-order valence-corrected chi connectivity index (χ2v) is 4.31. The molecule has 2 rings (SSSR count). The number of anilines is 1. The molecule has 0 fully saturated rings. The molecule has 4 nitrogen and oxygen atoms in total. The highest BCUT2D eigenvalue weighted by atomic mass is 19.1. The Bertz CT molecular complexity index is 681. The van der Waals surface area contributed by atoms with Crippen LogP contribution in [0.5, 0.6) is 0 Å². The van der Waals surface area contributed by atoms with Crippen molar-refractivity contribution < 1.29 is 23.5 Å². The molecule has 0 aliphatic rings. The number of carboxylic acid groups (broad SMARTS) is 1. The number of rotatable bonds is 4. The third-order valence-electron chi connectivity index (χ3n) is 2.79. The number of carbonyl (C=O) groups excluding carboxylic acids is 1. The van der Waals surface area contributed by atoms with E-state index in [0.717, 1.165) is 12.1 Å². The summed E-state index contributed by atoms with van der Waals surface area (Å²) in [6.07, 6.45) is -0.476. The SMILES string of the molecule is O=C(Cc1c(F)cccc1F)Nc1cccc(C(=O)O)c1. The van der Waals surface area contributed by atoms with Gasteiger partial charge in [-0.2, -0.15) is 0 Å². The minimum Gasteiger partial charge on any atom is -0.478 e. The van der Waals surface area contributed by atoms with Gasteiger partial charge in [0.05, 0.1) is 12.0 Å². The quantitative estimate of drug-likeness (QED) is 0.910. The van der Waals surface area contributed by atoms with Crippen LogP contribution < -0.4 is 5.32 Å². The number of hydrogen-bond donors (Lipinski definition) is 2. The first-order valence-electron chi connectivity index (χ1n) is 6.03. The monoisotopic (exact) mass is 291 g/mol. The predicted molar refractivity (Wildman–Crippen MR) is 72.1 cm³/mol. The maximum Gasteiger partial charge on any atom is 0.335 e. The van der Waals surface area contributed by atoms with Crippen molar-refractivity contribution in [2.75, 3.05) is 5.32 Å². The largest absolute Gasteiger partial charge is 0.478 e. The molecular formula is C15H11F2NO3. The summed E-state index contributed by atoms with van der Waals surface area (Å²) in [6, 6.07) is 8.92. The number of nitrogens with one attached hydrogen (secondary N) is 1. The van der Waals surface area contributed by atoms with Crippen LogP contribution in [0.15, 0.2) is 42.5 Å². The van der Waals surface area contributed by atoms with E-state index in [0.29, 0.717) is 0 Å². The molecule has 0 saturated heterocycles. The number of carbonyl (C=O) groups is 2. The van der Waals surface area contributed by atoms with Crippen LogP contribution >= 0.6 is 0 Å². The average Bonchev–Trinajstić information content (AvgIpc) is 2.43. The van der Waals surface area contributed by atoms with E-state index in [-0.39, 0.29) is 16.8 Å². The first-order valence-corrected chi connectivity index (χ1v) is 6.03. The van der Waals surface area contributed by atoms with Crippen molar-refractivity contribution in [3.05, 3.63) is 65.2 Å². The number of aromatic carboxylic acids is 1. The van der Waals surface area contributed by atoms with Gasteiger partial charge in [0.2, 0.25) is 5.91 Å². The Balaban J connectivity index is 2.12. The van der Waals surface area contributed by atoms with Crippen LogP contribution in [0.25, 0.3) is 0 Å². The van der Waals surface area contributed by atoms with Gasteiger partial charge in [-0.3, -0.25) is 4.79 Å². The Labute approximate surface area is 119 Å². The maximum atomic E-state index is 13.4. The van der Waals surface area contributed by atoms with Gasteiger partial charge < -0.3 is 10.4 Å². The van der Waals surface area contributed by atoms with Crippen molar-refractivity contribution >= 4 is 17.6 Å². The first-order chi connectivity index (χ1) is 9.97. The van der Waals surface area contributed by atoms with Crippen molar-refractivity contribution in [1.29, 1.82) is 0 Å². The fraction of sp³-hybridized carbons (Fsp3) is 0.0667. The Morgan fingerprint density at radius 3 is 2.29 bits per heavy atom. The van der Waals surface area contributed by atoms with Gasteiger partial charge in [-0.1, -0.05) is 12.1 Å². The molecule has 0 bridgehead atoms. The summed E-state index contributed by atoms with van der Waals surface area (Å²) < 4.78 is 26.8. The minimum absolute atomic E-state index is 0.00451. The number of carboxylic acids is 1. The molecule has 0 spiro atoms. The molecule has 1 amide bonds. The summed E-state index contributed by atoms with van der Waals surface area (Å²) in [5.41, 5.74) is -0.0779. The highest BCUT2D eigenvalue weighted by Crippen LogP contribution is 2.15. The third kappa shape index (κ3) is 3.62. The topological polar surface area (TPSA) is 66.4 Å². The molecule has 108 valence electrons. The molecule has 0 radical (unpaired) electrons. The highest BCUT2D eigenvalue weighted by Gasteiger charge is 2.13. The van der Waals surface area contributed by atoms with Crippen molar-refractivity contribution in [2.45, 2.75) is 6.42 Å². The van der Waals surface area contributed by atoms with E-state index in [1.54, 1.807) is 0 Å². The smallest absolute Gasteiger partial charge is 0.335 e. The lowest BCUT2D eigenvalue weighted by Gasteiger charge is -2.07. The highest BCUT2D eigenvalue weighted by molar-refractivity contribution is 5.94. The van der Waals surface area contributed by atoms with E-state index in [4.69, 9.17) is 5.11 Å². The van der Waals surface area contributed by atoms with Crippen molar-refractivity contribution in [2.24, 2.45) is 0 Å². The zero-order valence-electron chi connectivity index (χ0n) is 10.8. The molecule has 0 aromatic heterocycles. The third-order valence-corrected chi connectivity index (χ3v) is 2.79. The van der Waals surface area contributed by atoms with Crippen LogP contribution in [0.4, 0.5) is 14.5 Å². The molecule has 2 aromatic rings. The zero-order chi connectivity index (χ0) is 15.4. The second kappa shape index (κ2) is 6.13. The molecule has 2 N–H and O–H groups in total. The lowest BCUT2D eigenvalue weighted by atomic mass is 10.1.